The van der Waals surface area contributed by atoms with Crippen molar-refractivity contribution in [1.29, 1.82) is 0 Å². The molecule has 1 heterocycles. The molecule has 0 amide bonds. The van der Waals surface area contributed by atoms with Gasteiger partial charge in [-0.1, -0.05) is 41.6 Å². The van der Waals surface area contributed by atoms with Crippen LogP contribution in [0, 0.1) is 5.82 Å². The number of hydrogen-bond donors (Lipinski definition) is 0. The molecule has 106 valence electrons. The molecule has 0 spiro atoms. The van der Waals surface area contributed by atoms with Crippen LogP contribution in [0.2, 0.25) is 0 Å². The third kappa shape index (κ3) is 2.15. The van der Waals surface area contributed by atoms with Crippen molar-refractivity contribution in [3.05, 3.63) is 78.7 Å². The molecule has 3 aromatic carbocycles. The third-order valence-corrected chi connectivity index (χ3v) is 3.65. The van der Waals surface area contributed by atoms with Crippen LogP contribution in [0.1, 0.15) is 0 Å². The highest BCUT2D eigenvalue weighted by atomic mass is 19.1. The molecule has 4 heteroatoms. The van der Waals surface area contributed by atoms with E-state index in [2.05, 4.69) is 28.5 Å². The average Bonchev–Trinajstić information content (AvgIpc) is 3.05. The van der Waals surface area contributed by atoms with Crippen LogP contribution < -0.4 is 0 Å². The molecular formula is C18H12FN3. The fraction of sp³-hybridized carbons (Fsp3) is 0. The van der Waals surface area contributed by atoms with E-state index in [-0.39, 0.29) is 5.82 Å². The van der Waals surface area contributed by atoms with E-state index in [0.29, 0.717) is 5.69 Å². The van der Waals surface area contributed by atoms with Crippen molar-refractivity contribution in [2.24, 2.45) is 0 Å². The van der Waals surface area contributed by atoms with E-state index in [1.54, 1.807) is 16.8 Å². The Balaban J connectivity index is 1.82. The lowest BCUT2D eigenvalue weighted by Gasteiger charge is -2.05. The lowest BCUT2D eigenvalue weighted by molar-refractivity contribution is 0.628. The number of nitrogens with zero attached hydrogens (tertiary/aromatic N) is 3. The predicted octanol–water partition coefficient (Wildman–Crippen LogP) is 4.23. The van der Waals surface area contributed by atoms with Crippen LogP contribution in [0.3, 0.4) is 0 Å². The van der Waals surface area contributed by atoms with Gasteiger partial charge in [0.05, 0.1) is 11.9 Å². The summed E-state index contributed by atoms with van der Waals surface area (Å²) in [6.07, 6.45) is 1.86. The van der Waals surface area contributed by atoms with Crippen molar-refractivity contribution in [2.75, 3.05) is 0 Å². The molecule has 4 rings (SSSR count). The van der Waals surface area contributed by atoms with E-state index in [1.807, 2.05) is 30.5 Å². The first-order valence-electron chi connectivity index (χ1n) is 6.98. The number of halogens is 1. The smallest absolute Gasteiger partial charge is 0.123 e. The number of hydrogen-bond acceptors (Lipinski definition) is 2. The van der Waals surface area contributed by atoms with Crippen molar-refractivity contribution in [3.8, 4) is 16.9 Å². The third-order valence-electron chi connectivity index (χ3n) is 3.65. The Bertz CT molecular complexity index is 937. The minimum atomic E-state index is -0.259. The Hall–Kier alpha value is -3.01. The number of rotatable bonds is 2. The van der Waals surface area contributed by atoms with E-state index < -0.39 is 0 Å². The zero-order valence-corrected chi connectivity index (χ0v) is 11.6. The molecule has 4 aromatic rings. The summed E-state index contributed by atoms with van der Waals surface area (Å²) in [4.78, 5) is 0. The van der Waals surface area contributed by atoms with E-state index in [1.165, 1.54) is 12.1 Å². The van der Waals surface area contributed by atoms with Gasteiger partial charge in [-0.2, -0.15) is 0 Å². The molecule has 1 aromatic heterocycles. The molecule has 0 bridgehead atoms. The minimum absolute atomic E-state index is 0.259. The van der Waals surface area contributed by atoms with Gasteiger partial charge in [0.25, 0.3) is 0 Å². The van der Waals surface area contributed by atoms with Crippen LogP contribution in [0.4, 0.5) is 4.39 Å². The van der Waals surface area contributed by atoms with Gasteiger partial charge < -0.3 is 0 Å². The zero-order chi connectivity index (χ0) is 14.9. The maximum Gasteiger partial charge on any atom is 0.123 e. The van der Waals surface area contributed by atoms with E-state index in [4.69, 9.17) is 0 Å². The highest BCUT2D eigenvalue weighted by molar-refractivity contribution is 5.90. The summed E-state index contributed by atoms with van der Waals surface area (Å²) in [5.41, 5.74) is 2.53. The molecule has 0 N–H and O–H groups in total. The van der Waals surface area contributed by atoms with Crippen molar-refractivity contribution < 1.29 is 4.39 Å². The Morgan fingerprint density at radius 1 is 0.818 bits per heavy atom. The number of aromatic nitrogens is 3. The molecule has 0 aliphatic rings. The second-order valence-electron chi connectivity index (χ2n) is 5.05. The van der Waals surface area contributed by atoms with Crippen molar-refractivity contribution in [3.63, 3.8) is 0 Å². The van der Waals surface area contributed by atoms with Gasteiger partial charge in [0.2, 0.25) is 0 Å². The van der Waals surface area contributed by atoms with E-state index in [9.17, 15) is 4.39 Å². The molecule has 0 saturated heterocycles. The minimum Gasteiger partial charge on any atom is -0.219 e. The second-order valence-corrected chi connectivity index (χ2v) is 5.05. The van der Waals surface area contributed by atoms with Crippen molar-refractivity contribution in [2.45, 2.75) is 0 Å². The number of benzene rings is 3. The molecule has 3 nitrogen and oxygen atoms in total. The van der Waals surface area contributed by atoms with Gasteiger partial charge in [-0.05, 0) is 35.7 Å². The highest BCUT2D eigenvalue weighted by Gasteiger charge is 2.08. The summed E-state index contributed by atoms with van der Waals surface area (Å²) >= 11 is 0. The van der Waals surface area contributed by atoms with E-state index >= 15 is 0 Å². The van der Waals surface area contributed by atoms with Crippen LogP contribution >= 0.6 is 0 Å². The van der Waals surface area contributed by atoms with Crippen molar-refractivity contribution in [1.82, 2.24) is 15.0 Å². The Morgan fingerprint density at radius 2 is 1.59 bits per heavy atom. The zero-order valence-electron chi connectivity index (χ0n) is 11.6. The molecule has 0 radical (unpaired) electrons. The fourth-order valence-corrected chi connectivity index (χ4v) is 2.54. The Kier molecular flexibility index (Phi) is 2.93. The highest BCUT2D eigenvalue weighted by Crippen LogP contribution is 2.23. The summed E-state index contributed by atoms with van der Waals surface area (Å²) in [6.45, 7) is 0. The van der Waals surface area contributed by atoms with Crippen LogP contribution in [0.25, 0.3) is 27.7 Å². The normalized spacial score (nSPS) is 11.0. The fourth-order valence-electron chi connectivity index (χ4n) is 2.54. The second kappa shape index (κ2) is 5.07. The average molecular weight is 289 g/mol. The summed E-state index contributed by atoms with van der Waals surface area (Å²) in [7, 11) is 0. The predicted molar refractivity (Wildman–Crippen MR) is 84.3 cm³/mol. The topological polar surface area (TPSA) is 30.7 Å². The molecular weight excluding hydrogens is 277 g/mol. The first kappa shape index (κ1) is 12.7. The molecule has 0 atom stereocenters. The lowest BCUT2D eigenvalue weighted by atomic mass is 10.1. The monoisotopic (exact) mass is 289 g/mol. The van der Waals surface area contributed by atoms with Crippen LogP contribution in [-0.4, -0.2) is 15.0 Å². The van der Waals surface area contributed by atoms with Gasteiger partial charge in [-0.3, -0.25) is 0 Å². The van der Waals surface area contributed by atoms with Gasteiger partial charge >= 0.3 is 0 Å². The maximum atomic E-state index is 13.0. The SMILES string of the molecule is Fc1ccc(-c2cn(-c3cccc4ccccc34)nn2)cc1. The van der Waals surface area contributed by atoms with Crippen molar-refractivity contribution >= 4 is 10.8 Å². The Morgan fingerprint density at radius 3 is 2.45 bits per heavy atom. The quantitative estimate of drug-likeness (QED) is 0.553. The van der Waals surface area contributed by atoms with Gasteiger partial charge in [0.15, 0.2) is 0 Å². The molecule has 0 unspecified atom stereocenters. The largest absolute Gasteiger partial charge is 0.219 e. The van der Waals surface area contributed by atoms with Crippen LogP contribution in [-0.2, 0) is 0 Å². The van der Waals surface area contributed by atoms with E-state index in [0.717, 1.165) is 22.0 Å². The van der Waals surface area contributed by atoms with Gasteiger partial charge in [-0.25, -0.2) is 9.07 Å². The molecule has 0 saturated carbocycles. The Labute approximate surface area is 126 Å². The summed E-state index contributed by atoms with van der Waals surface area (Å²) < 4.78 is 14.8. The summed E-state index contributed by atoms with van der Waals surface area (Å²) in [5.74, 6) is -0.259. The van der Waals surface area contributed by atoms with Gasteiger partial charge in [0, 0.05) is 10.9 Å². The van der Waals surface area contributed by atoms with Gasteiger partial charge in [-0.15, -0.1) is 5.10 Å². The first-order chi connectivity index (χ1) is 10.8. The molecule has 0 aliphatic carbocycles. The molecule has 0 aliphatic heterocycles. The number of fused-ring (bicyclic) bond motifs is 1. The lowest BCUT2D eigenvalue weighted by Crippen LogP contribution is -1.95. The van der Waals surface area contributed by atoms with Crippen LogP contribution in [0.5, 0.6) is 0 Å². The molecule has 22 heavy (non-hydrogen) atoms. The summed E-state index contributed by atoms with van der Waals surface area (Å²) in [6, 6.07) is 20.5. The van der Waals surface area contributed by atoms with Crippen LogP contribution in [0.15, 0.2) is 72.9 Å². The maximum absolute atomic E-state index is 13.0. The molecule has 0 fully saturated rings. The standard InChI is InChI=1S/C18H12FN3/c19-15-10-8-14(9-11-15)17-12-22(21-20-17)18-7-3-5-13-4-1-2-6-16(13)18/h1-12H. The summed E-state index contributed by atoms with van der Waals surface area (Å²) in [5, 5.41) is 10.7. The first-order valence-corrected chi connectivity index (χ1v) is 6.98. The van der Waals surface area contributed by atoms with Gasteiger partial charge in [0.1, 0.15) is 11.5 Å².